The summed E-state index contributed by atoms with van der Waals surface area (Å²) in [6.07, 6.45) is 1.77. The molecule has 4 rings (SSSR count). The van der Waals surface area contributed by atoms with Crippen molar-refractivity contribution in [2.45, 2.75) is 17.4 Å². The first-order chi connectivity index (χ1) is 15.4. The Balaban J connectivity index is 1.28. The summed E-state index contributed by atoms with van der Waals surface area (Å²) in [5.74, 6) is 0.789. The molecule has 0 bridgehead atoms. The van der Waals surface area contributed by atoms with Crippen LogP contribution in [0.5, 0.6) is 11.5 Å². The van der Waals surface area contributed by atoms with Gasteiger partial charge in [-0.3, -0.25) is 9.59 Å². The van der Waals surface area contributed by atoms with Gasteiger partial charge in [0.25, 0.3) is 5.91 Å². The first kappa shape index (κ1) is 21.8. The number of amides is 2. The van der Waals surface area contributed by atoms with E-state index >= 15 is 0 Å². The van der Waals surface area contributed by atoms with Gasteiger partial charge in [0.05, 0.1) is 10.9 Å². The number of hydrogen-bond acceptors (Lipinski definition) is 6. The highest BCUT2D eigenvalue weighted by Gasteiger charge is 2.37. The largest absolute Gasteiger partial charge is 0.454 e. The van der Waals surface area contributed by atoms with Crippen LogP contribution in [-0.2, 0) is 21.2 Å². The molecule has 2 aromatic rings. The van der Waals surface area contributed by atoms with Crippen LogP contribution in [0.25, 0.3) is 0 Å². The number of hydrogen-bond donors (Lipinski definition) is 2. The van der Waals surface area contributed by atoms with Crippen LogP contribution >= 0.6 is 0 Å². The number of nitrogens with one attached hydrogen (secondary N) is 2. The van der Waals surface area contributed by atoms with Crippen molar-refractivity contribution >= 4 is 21.8 Å². The predicted molar refractivity (Wildman–Crippen MR) is 116 cm³/mol. The molecule has 2 N–H and O–H groups in total. The zero-order valence-electron chi connectivity index (χ0n) is 17.2. The second-order valence-corrected chi connectivity index (χ2v) is 9.39. The maximum absolute atomic E-state index is 12.7. The molecule has 0 atom stereocenters. The van der Waals surface area contributed by atoms with Crippen molar-refractivity contribution in [3.05, 3.63) is 66.2 Å². The molecule has 2 heterocycles. The molecule has 2 aliphatic rings. The summed E-state index contributed by atoms with van der Waals surface area (Å²) < 4.78 is 37.3. The lowest BCUT2D eigenvalue weighted by Crippen LogP contribution is -2.60. The molecular formula is C22H23N3O6S. The third-order valence-corrected chi connectivity index (χ3v) is 7.12. The number of carbonyl (C=O) groups is 2. The Morgan fingerprint density at radius 2 is 1.81 bits per heavy atom. The second-order valence-electron chi connectivity index (χ2n) is 7.45. The van der Waals surface area contributed by atoms with Gasteiger partial charge in [-0.2, -0.15) is 4.31 Å². The maximum Gasteiger partial charge on any atom is 0.251 e. The molecule has 168 valence electrons. The van der Waals surface area contributed by atoms with Crippen molar-refractivity contribution in [2.75, 3.05) is 26.4 Å². The van der Waals surface area contributed by atoms with Crippen molar-refractivity contribution in [3.8, 4) is 11.5 Å². The van der Waals surface area contributed by atoms with Gasteiger partial charge in [0.2, 0.25) is 22.7 Å². The van der Waals surface area contributed by atoms with E-state index < -0.39 is 10.0 Å². The standard InChI is InChI=1S/C22H23N3O6S/c1-2-21(26)24-17-12-25(13-17)32(28,29)18-6-4-16(5-7-18)22(27)23-10-9-15-3-8-19-20(11-15)31-14-30-19/h2-8,11,17H,1,9-10,12-14H2,(H,23,27)(H,24,26). The van der Waals surface area contributed by atoms with Crippen molar-refractivity contribution < 1.29 is 27.5 Å². The molecule has 2 amide bonds. The van der Waals surface area contributed by atoms with E-state index in [0.717, 1.165) is 11.6 Å². The summed E-state index contributed by atoms with van der Waals surface area (Å²) in [7, 11) is -3.68. The van der Waals surface area contributed by atoms with Crippen LogP contribution in [0.1, 0.15) is 15.9 Å². The number of benzene rings is 2. The van der Waals surface area contributed by atoms with Crippen LogP contribution in [0.3, 0.4) is 0 Å². The third-order valence-electron chi connectivity index (χ3n) is 5.27. The topological polar surface area (TPSA) is 114 Å². The normalized spacial score (nSPS) is 15.6. The first-order valence-electron chi connectivity index (χ1n) is 10.1. The lowest BCUT2D eigenvalue weighted by Gasteiger charge is -2.38. The Bertz CT molecular complexity index is 1140. The summed E-state index contributed by atoms with van der Waals surface area (Å²) in [4.78, 5) is 23.8. The first-order valence-corrected chi connectivity index (χ1v) is 11.5. The van der Waals surface area contributed by atoms with Crippen molar-refractivity contribution in [3.63, 3.8) is 0 Å². The van der Waals surface area contributed by atoms with E-state index in [1.54, 1.807) is 0 Å². The Kier molecular flexibility index (Phi) is 6.15. The number of fused-ring (bicyclic) bond motifs is 1. The van der Waals surface area contributed by atoms with Gasteiger partial charge < -0.3 is 20.1 Å². The molecule has 0 spiro atoms. The summed E-state index contributed by atoms with van der Waals surface area (Å²) in [6.45, 7) is 4.40. The lowest BCUT2D eigenvalue weighted by molar-refractivity contribution is -0.117. The number of nitrogens with zero attached hydrogens (tertiary/aromatic N) is 1. The van der Waals surface area contributed by atoms with Gasteiger partial charge in [-0.1, -0.05) is 12.6 Å². The smallest absolute Gasteiger partial charge is 0.251 e. The monoisotopic (exact) mass is 457 g/mol. The van der Waals surface area contributed by atoms with E-state index in [4.69, 9.17) is 9.47 Å². The maximum atomic E-state index is 12.7. The number of rotatable bonds is 8. The van der Waals surface area contributed by atoms with Gasteiger partial charge in [-0.05, 0) is 54.5 Å². The molecule has 0 saturated carbocycles. The fraction of sp³-hybridized carbons (Fsp3) is 0.273. The summed E-state index contributed by atoms with van der Waals surface area (Å²) in [5.41, 5.74) is 1.38. The average molecular weight is 458 g/mol. The van der Waals surface area contributed by atoms with E-state index in [1.807, 2.05) is 18.2 Å². The third kappa shape index (κ3) is 4.61. The van der Waals surface area contributed by atoms with Crippen LogP contribution in [-0.4, -0.2) is 57.0 Å². The van der Waals surface area contributed by atoms with Gasteiger partial charge >= 0.3 is 0 Å². The number of ether oxygens (including phenoxy) is 2. The minimum Gasteiger partial charge on any atom is -0.454 e. The van der Waals surface area contributed by atoms with Crippen molar-refractivity contribution in [1.82, 2.24) is 14.9 Å². The highest BCUT2D eigenvalue weighted by atomic mass is 32.2. The molecule has 0 radical (unpaired) electrons. The molecule has 0 aliphatic carbocycles. The minimum atomic E-state index is -3.68. The molecule has 10 heteroatoms. The molecule has 32 heavy (non-hydrogen) atoms. The average Bonchev–Trinajstić information content (AvgIpc) is 3.23. The van der Waals surface area contributed by atoms with Gasteiger partial charge in [-0.25, -0.2) is 8.42 Å². The van der Waals surface area contributed by atoms with Gasteiger partial charge in [-0.15, -0.1) is 0 Å². The van der Waals surface area contributed by atoms with E-state index in [0.29, 0.717) is 30.0 Å². The molecule has 1 fully saturated rings. The predicted octanol–water partition coefficient (Wildman–Crippen LogP) is 1.06. The molecule has 0 aromatic heterocycles. The SMILES string of the molecule is C=CC(=O)NC1CN(S(=O)(=O)c2ccc(C(=O)NCCc3ccc4c(c3)OCO4)cc2)C1. The molecule has 2 aliphatic heterocycles. The van der Waals surface area contributed by atoms with E-state index in [2.05, 4.69) is 17.2 Å². The fourth-order valence-electron chi connectivity index (χ4n) is 3.43. The second kappa shape index (κ2) is 9.01. The Hall–Kier alpha value is -3.37. The highest BCUT2D eigenvalue weighted by Crippen LogP contribution is 2.32. The molecular weight excluding hydrogens is 434 g/mol. The number of carbonyl (C=O) groups excluding carboxylic acids is 2. The fourth-order valence-corrected chi connectivity index (χ4v) is 4.96. The minimum absolute atomic E-state index is 0.0999. The molecule has 1 saturated heterocycles. The molecule has 0 unspecified atom stereocenters. The Labute approximate surface area is 186 Å². The van der Waals surface area contributed by atoms with Crippen molar-refractivity contribution in [2.24, 2.45) is 0 Å². The summed E-state index contributed by atoms with van der Waals surface area (Å²) >= 11 is 0. The Morgan fingerprint density at radius 3 is 2.53 bits per heavy atom. The summed E-state index contributed by atoms with van der Waals surface area (Å²) in [6, 6.07) is 11.2. The van der Waals surface area contributed by atoms with Crippen LogP contribution in [0.4, 0.5) is 0 Å². The van der Waals surface area contributed by atoms with Crippen molar-refractivity contribution in [1.29, 1.82) is 0 Å². The van der Waals surface area contributed by atoms with Gasteiger partial charge in [0, 0.05) is 25.2 Å². The van der Waals surface area contributed by atoms with Gasteiger partial charge in [0.1, 0.15) is 0 Å². The van der Waals surface area contributed by atoms with Gasteiger partial charge in [0.15, 0.2) is 11.5 Å². The lowest BCUT2D eigenvalue weighted by atomic mass is 10.1. The molecule has 2 aromatic carbocycles. The quantitative estimate of drug-likeness (QED) is 0.573. The van der Waals surface area contributed by atoms with Crippen LogP contribution in [0.2, 0.25) is 0 Å². The van der Waals surface area contributed by atoms with Crippen LogP contribution < -0.4 is 20.1 Å². The van der Waals surface area contributed by atoms with E-state index in [9.17, 15) is 18.0 Å². The van der Waals surface area contributed by atoms with E-state index in [1.165, 1.54) is 28.6 Å². The zero-order valence-corrected chi connectivity index (χ0v) is 18.1. The van der Waals surface area contributed by atoms with E-state index in [-0.39, 0.29) is 42.6 Å². The highest BCUT2D eigenvalue weighted by molar-refractivity contribution is 7.89. The molecule has 9 nitrogen and oxygen atoms in total. The number of sulfonamides is 1. The Morgan fingerprint density at radius 1 is 1.09 bits per heavy atom. The zero-order chi connectivity index (χ0) is 22.7. The summed E-state index contributed by atoms with van der Waals surface area (Å²) in [5, 5.41) is 5.49. The van der Waals surface area contributed by atoms with Crippen LogP contribution in [0.15, 0.2) is 60.0 Å². The van der Waals surface area contributed by atoms with Crippen LogP contribution in [0, 0.1) is 0 Å².